The highest BCUT2D eigenvalue weighted by molar-refractivity contribution is 7.99. The van der Waals surface area contributed by atoms with Crippen LogP contribution in [0, 0.1) is 23.0 Å². The van der Waals surface area contributed by atoms with Crippen molar-refractivity contribution < 1.29 is 8.78 Å². The van der Waals surface area contributed by atoms with Crippen LogP contribution in [0.4, 0.5) is 8.78 Å². The van der Waals surface area contributed by atoms with E-state index in [2.05, 4.69) is 24.1 Å². The molecule has 186 valence electrons. The average molecular weight is 487 g/mol. The normalized spacial score (nSPS) is 18.4. The minimum Gasteiger partial charge on any atom is -0.313 e. The molecule has 1 heterocycles. The van der Waals surface area contributed by atoms with Gasteiger partial charge in [0.25, 0.3) is 0 Å². The van der Waals surface area contributed by atoms with Crippen LogP contribution in [0.25, 0.3) is 0 Å². The number of benzene rings is 2. The van der Waals surface area contributed by atoms with Crippen LogP contribution in [0.3, 0.4) is 0 Å². The van der Waals surface area contributed by atoms with Crippen molar-refractivity contribution in [1.82, 2.24) is 10.2 Å². The van der Waals surface area contributed by atoms with Crippen molar-refractivity contribution in [2.75, 3.05) is 31.9 Å². The van der Waals surface area contributed by atoms with Gasteiger partial charge in [0.15, 0.2) is 0 Å². The summed E-state index contributed by atoms with van der Waals surface area (Å²) in [4.78, 5) is 2.67. The zero-order valence-corrected chi connectivity index (χ0v) is 21.6. The van der Waals surface area contributed by atoms with Crippen molar-refractivity contribution in [3.63, 3.8) is 0 Å². The first-order chi connectivity index (χ1) is 16.4. The van der Waals surface area contributed by atoms with Gasteiger partial charge in [0.2, 0.25) is 0 Å². The Kier molecular flexibility index (Phi) is 9.06. The molecule has 0 unspecified atom stereocenters. The van der Waals surface area contributed by atoms with Crippen molar-refractivity contribution in [2.45, 2.75) is 63.7 Å². The molecule has 0 amide bonds. The van der Waals surface area contributed by atoms with Gasteiger partial charge in [0, 0.05) is 24.9 Å². The fourth-order valence-corrected chi connectivity index (χ4v) is 6.71. The Bertz CT molecular complexity index is 827. The lowest BCUT2D eigenvalue weighted by atomic mass is 9.73. The largest absolute Gasteiger partial charge is 0.313 e. The Morgan fingerprint density at radius 1 is 0.912 bits per heavy atom. The molecule has 1 N–H and O–H groups in total. The van der Waals surface area contributed by atoms with Crippen LogP contribution in [0.5, 0.6) is 0 Å². The molecule has 34 heavy (non-hydrogen) atoms. The third kappa shape index (κ3) is 7.53. The molecule has 0 atom stereocenters. The summed E-state index contributed by atoms with van der Waals surface area (Å²) in [6, 6.07) is 14.0. The molecule has 1 aliphatic carbocycles. The van der Waals surface area contributed by atoms with Crippen LogP contribution < -0.4 is 5.32 Å². The second-order valence-electron chi connectivity index (χ2n) is 11.0. The molecule has 0 aromatic heterocycles. The molecule has 5 heteroatoms. The Balaban J connectivity index is 1.21. The number of likely N-dealkylation sites (tertiary alicyclic amines) is 1. The predicted octanol–water partition coefficient (Wildman–Crippen LogP) is 7.06. The van der Waals surface area contributed by atoms with Crippen molar-refractivity contribution >= 4 is 11.8 Å². The number of hydrogen-bond acceptors (Lipinski definition) is 3. The molecule has 0 bridgehead atoms. The lowest BCUT2D eigenvalue weighted by Crippen LogP contribution is -2.46. The van der Waals surface area contributed by atoms with Gasteiger partial charge in [-0.1, -0.05) is 57.4 Å². The summed E-state index contributed by atoms with van der Waals surface area (Å²) >= 11 is 1.83. The molecule has 2 nitrogen and oxygen atoms in total. The second kappa shape index (κ2) is 12.0. The third-order valence-corrected chi connectivity index (χ3v) is 8.79. The van der Waals surface area contributed by atoms with Gasteiger partial charge in [-0.15, -0.1) is 11.8 Å². The van der Waals surface area contributed by atoms with Crippen molar-refractivity contribution in [3.05, 3.63) is 71.3 Å². The van der Waals surface area contributed by atoms with Gasteiger partial charge in [-0.05, 0) is 79.1 Å². The zero-order valence-electron chi connectivity index (χ0n) is 20.7. The first-order valence-corrected chi connectivity index (χ1v) is 14.0. The van der Waals surface area contributed by atoms with Gasteiger partial charge >= 0.3 is 0 Å². The Labute approximate surface area is 208 Å². The van der Waals surface area contributed by atoms with Gasteiger partial charge in [-0.25, -0.2) is 8.78 Å². The second-order valence-corrected chi connectivity index (χ2v) is 12.2. The van der Waals surface area contributed by atoms with E-state index in [0.717, 1.165) is 29.3 Å². The van der Waals surface area contributed by atoms with Gasteiger partial charge in [0.1, 0.15) is 11.6 Å². The molecule has 4 rings (SSSR count). The van der Waals surface area contributed by atoms with Crippen LogP contribution in [0.2, 0.25) is 0 Å². The van der Waals surface area contributed by atoms with E-state index in [0.29, 0.717) is 11.5 Å². The molecule has 2 aromatic rings. The number of thioether (sulfide) groups is 1. The molecule has 1 aliphatic heterocycles. The van der Waals surface area contributed by atoms with Crippen molar-refractivity contribution in [2.24, 2.45) is 11.3 Å². The monoisotopic (exact) mass is 486 g/mol. The Morgan fingerprint density at radius 3 is 1.97 bits per heavy atom. The minimum atomic E-state index is -0.231. The maximum Gasteiger partial charge on any atom is 0.123 e. The Morgan fingerprint density at radius 2 is 1.47 bits per heavy atom. The number of rotatable bonds is 11. The van der Waals surface area contributed by atoms with Crippen LogP contribution in [-0.2, 0) is 0 Å². The molecule has 0 radical (unpaired) electrons. The number of nitrogens with one attached hydrogen (secondary N) is 1. The van der Waals surface area contributed by atoms with Crippen LogP contribution in [0.1, 0.15) is 68.7 Å². The maximum absolute atomic E-state index is 13.4. The van der Waals surface area contributed by atoms with E-state index >= 15 is 0 Å². The lowest BCUT2D eigenvalue weighted by Gasteiger charge is -2.40. The summed E-state index contributed by atoms with van der Waals surface area (Å²) in [5.74, 6) is 1.46. The van der Waals surface area contributed by atoms with E-state index in [1.165, 1.54) is 82.4 Å². The summed E-state index contributed by atoms with van der Waals surface area (Å²) < 4.78 is 26.9. The molecule has 2 aromatic carbocycles. The highest BCUT2D eigenvalue weighted by Crippen LogP contribution is 2.38. The van der Waals surface area contributed by atoms with Crippen LogP contribution in [-0.4, -0.2) is 42.9 Å². The maximum atomic E-state index is 13.4. The molecule has 0 spiro atoms. The highest BCUT2D eigenvalue weighted by atomic mass is 32.2. The fourth-order valence-electron chi connectivity index (χ4n) is 5.54. The number of halogens is 2. The summed E-state index contributed by atoms with van der Waals surface area (Å²) in [5.41, 5.74) is 2.53. The van der Waals surface area contributed by atoms with Gasteiger partial charge < -0.3 is 10.2 Å². The third-order valence-electron chi connectivity index (χ3n) is 7.47. The van der Waals surface area contributed by atoms with E-state index in [9.17, 15) is 8.78 Å². The molecular weight excluding hydrogens is 446 g/mol. The standard InChI is InChI=1S/C29H40F2N2S/c1-29(2,20-22-4-3-5-22)21-33-17-14-27(15-18-33)32-16-19-34-28(23-6-10-25(30)11-7-23)24-8-12-26(31)13-9-24/h6-13,22,27-28,32H,3-5,14-21H2,1-2H3. The topological polar surface area (TPSA) is 15.3 Å². The summed E-state index contributed by atoms with van der Waals surface area (Å²) in [7, 11) is 0. The van der Waals surface area contributed by atoms with Crippen molar-refractivity contribution in [3.8, 4) is 0 Å². The summed E-state index contributed by atoms with van der Waals surface area (Å²) in [6.45, 7) is 9.45. The molecule has 2 aliphatic rings. The quantitative estimate of drug-likeness (QED) is 0.342. The zero-order chi connectivity index (χ0) is 24.0. The van der Waals surface area contributed by atoms with Gasteiger partial charge in [-0.3, -0.25) is 0 Å². The fraction of sp³-hybridized carbons (Fsp3) is 0.586. The van der Waals surface area contributed by atoms with E-state index in [1.807, 2.05) is 36.0 Å². The summed E-state index contributed by atoms with van der Waals surface area (Å²) in [6.07, 6.45) is 8.12. The first-order valence-electron chi connectivity index (χ1n) is 13.0. The average Bonchev–Trinajstić information content (AvgIpc) is 2.79. The molecular formula is C29H40F2N2S. The predicted molar refractivity (Wildman–Crippen MR) is 140 cm³/mol. The number of nitrogens with zero attached hydrogens (tertiary/aromatic N) is 1. The van der Waals surface area contributed by atoms with E-state index in [1.54, 1.807) is 0 Å². The highest BCUT2D eigenvalue weighted by Gasteiger charge is 2.30. The molecule has 1 saturated heterocycles. The van der Waals surface area contributed by atoms with Gasteiger partial charge in [-0.2, -0.15) is 0 Å². The Hall–Kier alpha value is -1.43. The minimum absolute atomic E-state index is 0.0720. The summed E-state index contributed by atoms with van der Waals surface area (Å²) in [5, 5.41) is 3.84. The van der Waals surface area contributed by atoms with E-state index in [-0.39, 0.29) is 16.9 Å². The van der Waals surface area contributed by atoms with E-state index in [4.69, 9.17) is 0 Å². The number of hydrogen-bond donors (Lipinski definition) is 1. The molecule has 2 fully saturated rings. The lowest BCUT2D eigenvalue weighted by molar-refractivity contribution is 0.103. The van der Waals surface area contributed by atoms with Crippen LogP contribution >= 0.6 is 11.8 Å². The molecule has 1 saturated carbocycles. The smallest absolute Gasteiger partial charge is 0.123 e. The first kappa shape index (κ1) is 25.7. The van der Waals surface area contributed by atoms with Gasteiger partial charge in [0.05, 0.1) is 5.25 Å². The van der Waals surface area contributed by atoms with Crippen LogP contribution in [0.15, 0.2) is 48.5 Å². The van der Waals surface area contributed by atoms with E-state index < -0.39 is 0 Å². The van der Waals surface area contributed by atoms with Crippen molar-refractivity contribution in [1.29, 1.82) is 0 Å². The SMILES string of the molecule is CC(C)(CC1CCC1)CN1CCC(NCCSC(c2ccc(F)cc2)c2ccc(F)cc2)CC1. The number of piperidine rings is 1.